The van der Waals surface area contributed by atoms with Crippen LogP contribution in [0.3, 0.4) is 0 Å². The second-order valence-electron chi connectivity index (χ2n) is 3.09. The van der Waals surface area contributed by atoms with Gasteiger partial charge in [-0.15, -0.1) is 0 Å². The zero-order chi connectivity index (χ0) is 9.52. The molecule has 1 unspecified atom stereocenters. The van der Waals surface area contributed by atoms with Crippen LogP contribution in [0.2, 0.25) is 0 Å². The first-order valence-corrected chi connectivity index (χ1v) is 7.60. The maximum Gasteiger partial charge on any atom is 0.00642 e. The van der Waals surface area contributed by atoms with Crippen LogP contribution in [-0.2, 0) is 0 Å². The van der Waals surface area contributed by atoms with Gasteiger partial charge in [0.05, 0.1) is 0 Å². The van der Waals surface area contributed by atoms with Gasteiger partial charge in [-0.1, -0.05) is 75.5 Å². The zero-order valence-corrected chi connectivity index (χ0v) is 11.9. The Hall–Kier alpha value is 0.680. The van der Waals surface area contributed by atoms with Gasteiger partial charge in [-0.25, -0.2) is 0 Å². The second kappa shape index (κ2) is 7.04. The number of benzene rings is 1. The van der Waals surface area contributed by atoms with E-state index in [1.54, 1.807) is 0 Å². The van der Waals surface area contributed by atoms with Crippen LogP contribution in [0.5, 0.6) is 0 Å². The number of hydrogen-bond acceptors (Lipinski definition) is 0. The van der Waals surface area contributed by atoms with E-state index in [0.29, 0.717) is 0 Å². The van der Waals surface area contributed by atoms with Crippen LogP contribution in [0.25, 0.3) is 0 Å². The molecule has 0 radical (unpaired) electrons. The predicted molar refractivity (Wildman–Crippen MR) is 76.2 cm³/mol. The first-order chi connectivity index (χ1) is 6.38. The topological polar surface area (TPSA) is 0 Å². The molecule has 0 aliphatic rings. The number of alkyl halides is 2. The lowest BCUT2D eigenvalue weighted by atomic mass is 9.97. The van der Waals surface area contributed by atoms with E-state index in [1.807, 2.05) is 0 Å². The van der Waals surface area contributed by atoms with E-state index in [0.717, 1.165) is 5.92 Å². The first-order valence-electron chi connectivity index (χ1n) is 4.55. The molecule has 1 rings (SSSR count). The average Bonchev–Trinajstić information content (AvgIpc) is 2.21. The molecule has 0 saturated heterocycles. The Bertz CT molecular complexity index is 221. The fourth-order valence-electron chi connectivity index (χ4n) is 1.38. The molecule has 1 atom stereocenters. The quantitative estimate of drug-likeness (QED) is 0.507. The predicted octanol–water partition coefficient (Wildman–Crippen LogP) is 4.42. The fraction of sp³-hybridized carbons (Fsp3) is 0.455. The summed E-state index contributed by atoms with van der Waals surface area (Å²) in [6, 6.07) is 10.9. The van der Waals surface area contributed by atoms with Gasteiger partial charge in [0.15, 0.2) is 0 Å². The number of halogens is 2. The van der Waals surface area contributed by atoms with Crippen molar-refractivity contribution in [2.45, 2.75) is 18.8 Å². The van der Waals surface area contributed by atoms with E-state index in [4.69, 9.17) is 0 Å². The van der Waals surface area contributed by atoms with Gasteiger partial charge in [0.1, 0.15) is 0 Å². The van der Waals surface area contributed by atoms with Gasteiger partial charge >= 0.3 is 0 Å². The Labute approximate surface area is 108 Å². The van der Waals surface area contributed by atoms with Gasteiger partial charge in [0, 0.05) is 4.43 Å². The third-order valence-corrected chi connectivity index (χ3v) is 3.97. The highest BCUT2D eigenvalue weighted by Gasteiger charge is 2.08. The molecule has 0 N–H and O–H groups in total. The molecule has 0 heterocycles. The van der Waals surface area contributed by atoms with Gasteiger partial charge in [-0.2, -0.15) is 0 Å². The van der Waals surface area contributed by atoms with Crippen LogP contribution >= 0.6 is 45.2 Å². The van der Waals surface area contributed by atoms with Crippen molar-refractivity contribution in [3.8, 4) is 0 Å². The van der Waals surface area contributed by atoms with Crippen molar-refractivity contribution < 1.29 is 0 Å². The van der Waals surface area contributed by atoms with Crippen molar-refractivity contribution in [2.75, 3.05) is 8.86 Å². The molecule has 0 bridgehead atoms. The summed E-state index contributed by atoms with van der Waals surface area (Å²) in [7, 11) is 0. The molecule has 0 saturated carbocycles. The van der Waals surface area contributed by atoms with Gasteiger partial charge in [0.2, 0.25) is 0 Å². The fourth-order valence-corrected chi connectivity index (χ4v) is 2.77. The summed E-state index contributed by atoms with van der Waals surface area (Å²) in [5, 5.41) is 0. The molecule has 0 fully saturated rings. The molecule has 0 aromatic heterocycles. The van der Waals surface area contributed by atoms with Crippen LogP contribution in [-0.4, -0.2) is 8.86 Å². The van der Waals surface area contributed by atoms with Crippen molar-refractivity contribution in [3.63, 3.8) is 0 Å². The van der Waals surface area contributed by atoms with Crippen LogP contribution in [0.4, 0.5) is 0 Å². The second-order valence-corrected chi connectivity index (χ2v) is 5.05. The van der Waals surface area contributed by atoms with E-state index in [9.17, 15) is 0 Å². The lowest BCUT2D eigenvalue weighted by Crippen LogP contribution is -2.00. The lowest BCUT2D eigenvalue weighted by molar-refractivity contribution is 0.688. The highest BCUT2D eigenvalue weighted by Crippen LogP contribution is 2.23. The Morgan fingerprint density at radius 2 is 1.77 bits per heavy atom. The van der Waals surface area contributed by atoms with E-state index < -0.39 is 0 Å². The third-order valence-electron chi connectivity index (χ3n) is 2.14. The molecule has 2 heteroatoms. The largest absolute Gasteiger partial charge is 0.0864 e. The third kappa shape index (κ3) is 4.14. The summed E-state index contributed by atoms with van der Waals surface area (Å²) in [5.41, 5.74) is 1.50. The molecular formula is C11H14I2. The summed E-state index contributed by atoms with van der Waals surface area (Å²) in [4.78, 5) is 0. The van der Waals surface area contributed by atoms with Crippen LogP contribution < -0.4 is 0 Å². The number of hydrogen-bond donors (Lipinski definition) is 0. The summed E-state index contributed by atoms with van der Waals surface area (Å²) < 4.78 is 2.51. The molecule has 0 aliphatic carbocycles. The van der Waals surface area contributed by atoms with E-state index in [-0.39, 0.29) is 0 Å². The molecular weight excluding hydrogens is 386 g/mol. The summed E-state index contributed by atoms with van der Waals surface area (Å²) in [6.45, 7) is 0. The van der Waals surface area contributed by atoms with Gasteiger partial charge in [-0.05, 0) is 28.8 Å². The van der Waals surface area contributed by atoms with Crippen molar-refractivity contribution in [1.82, 2.24) is 0 Å². The summed E-state index contributed by atoms with van der Waals surface area (Å²) in [6.07, 6.45) is 2.67. The van der Waals surface area contributed by atoms with Gasteiger partial charge in [-0.3, -0.25) is 0 Å². The highest BCUT2D eigenvalue weighted by molar-refractivity contribution is 14.1. The van der Waals surface area contributed by atoms with Crippen molar-refractivity contribution in [3.05, 3.63) is 35.9 Å². The van der Waals surface area contributed by atoms with Crippen LogP contribution in [0.15, 0.2) is 30.3 Å². The maximum atomic E-state index is 2.49. The van der Waals surface area contributed by atoms with Crippen molar-refractivity contribution >= 4 is 45.2 Å². The Morgan fingerprint density at radius 3 is 2.31 bits per heavy atom. The van der Waals surface area contributed by atoms with Crippen LogP contribution in [0.1, 0.15) is 24.3 Å². The van der Waals surface area contributed by atoms with Gasteiger partial charge in [0.25, 0.3) is 0 Å². The number of rotatable bonds is 5. The first kappa shape index (κ1) is 11.8. The minimum absolute atomic E-state index is 0.761. The lowest BCUT2D eigenvalue weighted by Gasteiger charge is -2.13. The van der Waals surface area contributed by atoms with E-state index in [2.05, 4.69) is 75.5 Å². The minimum Gasteiger partial charge on any atom is -0.0864 e. The molecule has 1 aromatic carbocycles. The molecule has 0 spiro atoms. The zero-order valence-electron chi connectivity index (χ0n) is 7.55. The van der Waals surface area contributed by atoms with E-state index >= 15 is 0 Å². The van der Waals surface area contributed by atoms with Gasteiger partial charge < -0.3 is 0 Å². The molecule has 1 aromatic rings. The summed E-state index contributed by atoms with van der Waals surface area (Å²) >= 11 is 4.94. The molecule has 72 valence electrons. The normalized spacial score (nSPS) is 12.8. The van der Waals surface area contributed by atoms with Crippen molar-refractivity contribution in [1.29, 1.82) is 0 Å². The Balaban J connectivity index is 2.56. The van der Waals surface area contributed by atoms with E-state index in [1.165, 1.54) is 27.3 Å². The Kier molecular flexibility index (Phi) is 6.36. The summed E-state index contributed by atoms with van der Waals surface area (Å²) in [5.74, 6) is 0.761. The maximum absolute atomic E-state index is 2.49. The van der Waals surface area contributed by atoms with Crippen LogP contribution in [0, 0.1) is 0 Å². The minimum atomic E-state index is 0.761. The highest BCUT2D eigenvalue weighted by atomic mass is 127. The average molecular weight is 400 g/mol. The molecule has 0 amide bonds. The monoisotopic (exact) mass is 400 g/mol. The Morgan fingerprint density at radius 1 is 1.08 bits per heavy atom. The smallest absolute Gasteiger partial charge is 0.00642 e. The molecule has 0 nitrogen and oxygen atoms in total. The molecule has 0 aliphatic heterocycles. The molecule has 13 heavy (non-hydrogen) atoms. The SMILES string of the molecule is ICCCC(CI)c1ccccc1. The van der Waals surface area contributed by atoms with Crippen molar-refractivity contribution in [2.24, 2.45) is 0 Å². The standard InChI is InChI=1S/C11H14I2/c12-8-4-7-11(9-13)10-5-2-1-3-6-10/h1-3,5-6,11H,4,7-9H2.